The van der Waals surface area contributed by atoms with Gasteiger partial charge in [0.2, 0.25) is 0 Å². The van der Waals surface area contributed by atoms with Crippen molar-refractivity contribution in [2.45, 2.75) is 44.9 Å². The minimum absolute atomic E-state index is 0.127. The molecule has 0 spiro atoms. The van der Waals surface area contributed by atoms with E-state index in [4.69, 9.17) is 9.84 Å². The standard InChI is InChI=1S/C11H20O3/c12-11(13)7-9-14-8-3-1-2-4-10-5-6-10/h10H,1-9H2,(H,12,13). The van der Waals surface area contributed by atoms with E-state index in [-0.39, 0.29) is 6.42 Å². The number of carbonyl (C=O) groups is 1. The predicted octanol–water partition coefficient (Wildman–Crippen LogP) is 2.45. The molecular formula is C11H20O3. The maximum atomic E-state index is 10.1. The van der Waals surface area contributed by atoms with E-state index in [1.807, 2.05) is 0 Å². The van der Waals surface area contributed by atoms with Crippen molar-refractivity contribution in [3.8, 4) is 0 Å². The SMILES string of the molecule is O=C(O)CCOCCCCCC1CC1. The third-order valence-corrected chi connectivity index (χ3v) is 2.56. The average Bonchev–Trinajstić information content (AvgIpc) is 2.92. The molecule has 82 valence electrons. The monoisotopic (exact) mass is 200 g/mol. The second-order valence-corrected chi connectivity index (χ2v) is 4.05. The van der Waals surface area contributed by atoms with Gasteiger partial charge in [0.05, 0.1) is 13.0 Å². The Morgan fingerprint density at radius 2 is 2.00 bits per heavy atom. The molecule has 1 saturated carbocycles. The fraction of sp³-hybridized carbons (Fsp3) is 0.909. The largest absolute Gasteiger partial charge is 0.481 e. The highest BCUT2D eigenvalue weighted by Gasteiger charge is 2.19. The van der Waals surface area contributed by atoms with Gasteiger partial charge in [0.15, 0.2) is 0 Å². The van der Waals surface area contributed by atoms with Crippen molar-refractivity contribution in [3.05, 3.63) is 0 Å². The number of carboxylic acid groups (broad SMARTS) is 1. The molecule has 0 aliphatic heterocycles. The maximum absolute atomic E-state index is 10.1. The lowest BCUT2D eigenvalue weighted by atomic mass is 10.1. The van der Waals surface area contributed by atoms with Gasteiger partial charge in [-0.1, -0.05) is 32.1 Å². The Morgan fingerprint density at radius 1 is 1.21 bits per heavy atom. The van der Waals surface area contributed by atoms with Crippen LogP contribution in [0, 0.1) is 5.92 Å². The lowest BCUT2D eigenvalue weighted by Crippen LogP contribution is -2.03. The van der Waals surface area contributed by atoms with Crippen LogP contribution in [0.3, 0.4) is 0 Å². The van der Waals surface area contributed by atoms with E-state index >= 15 is 0 Å². The van der Waals surface area contributed by atoms with E-state index in [9.17, 15) is 4.79 Å². The summed E-state index contributed by atoms with van der Waals surface area (Å²) in [5, 5.41) is 8.34. The van der Waals surface area contributed by atoms with E-state index in [1.165, 1.54) is 32.1 Å². The number of aliphatic carboxylic acids is 1. The molecule has 0 radical (unpaired) electrons. The Balaban J connectivity index is 1.68. The molecule has 0 atom stereocenters. The summed E-state index contributed by atoms with van der Waals surface area (Å²) in [4.78, 5) is 10.1. The van der Waals surface area contributed by atoms with Crippen LogP contribution in [0.25, 0.3) is 0 Å². The van der Waals surface area contributed by atoms with Crippen LogP contribution in [-0.2, 0) is 9.53 Å². The summed E-state index contributed by atoms with van der Waals surface area (Å²) in [6.45, 7) is 1.08. The Bertz CT molecular complexity index is 164. The van der Waals surface area contributed by atoms with Crippen LogP contribution >= 0.6 is 0 Å². The normalized spacial score (nSPS) is 15.7. The quantitative estimate of drug-likeness (QED) is 0.581. The van der Waals surface area contributed by atoms with E-state index in [0.717, 1.165) is 18.9 Å². The van der Waals surface area contributed by atoms with Crippen LogP contribution in [0.4, 0.5) is 0 Å². The van der Waals surface area contributed by atoms with Crippen molar-refractivity contribution in [3.63, 3.8) is 0 Å². The second kappa shape index (κ2) is 6.82. The van der Waals surface area contributed by atoms with Crippen molar-refractivity contribution < 1.29 is 14.6 Å². The number of hydrogen-bond acceptors (Lipinski definition) is 2. The average molecular weight is 200 g/mol. The first-order chi connectivity index (χ1) is 6.79. The van der Waals surface area contributed by atoms with Crippen LogP contribution in [-0.4, -0.2) is 24.3 Å². The van der Waals surface area contributed by atoms with Gasteiger partial charge >= 0.3 is 5.97 Å². The molecule has 1 fully saturated rings. The fourth-order valence-corrected chi connectivity index (χ4v) is 1.48. The molecule has 0 aromatic carbocycles. The van der Waals surface area contributed by atoms with Crippen LogP contribution in [0.1, 0.15) is 44.9 Å². The van der Waals surface area contributed by atoms with Crippen LogP contribution in [0.15, 0.2) is 0 Å². The van der Waals surface area contributed by atoms with Gasteiger partial charge in [-0.05, 0) is 12.3 Å². The molecule has 0 amide bonds. The van der Waals surface area contributed by atoms with E-state index in [0.29, 0.717) is 6.61 Å². The summed E-state index contributed by atoms with van der Waals surface area (Å²) in [6, 6.07) is 0. The van der Waals surface area contributed by atoms with Crippen LogP contribution < -0.4 is 0 Å². The summed E-state index contributed by atoms with van der Waals surface area (Å²) in [5.41, 5.74) is 0. The van der Waals surface area contributed by atoms with Gasteiger partial charge in [-0.2, -0.15) is 0 Å². The summed E-state index contributed by atoms with van der Waals surface area (Å²) in [6.07, 6.45) is 8.00. The molecule has 0 aromatic heterocycles. The zero-order chi connectivity index (χ0) is 10.2. The molecule has 0 saturated heterocycles. The van der Waals surface area contributed by atoms with Crippen LogP contribution in [0.2, 0.25) is 0 Å². The van der Waals surface area contributed by atoms with Crippen molar-refractivity contribution in [1.82, 2.24) is 0 Å². The first kappa shape index (κ1) is 11.5. The molecule has 1 rings (SSSR count). The van der Waals surface area contributed by atoms with Gasteiger partial charge in [0, 0.05) is 6.61 Å². The molecule has 0 bridgehead atoms. The number of carboxylic acids is 1. The molecule has 1 aliphatic rings. The number of rotatable bonds is 9. The minimum atomic E-state index is -0.779. The Morgan fingerprint density at radius 3 is 2.64 bits per heavy atom. The summed E-state index contributed by atoms with van der Waals surface area (Å²) >= 11 is 0. The third-order valence-electron chi connectivity index (χ3n) is 2.56. The summed E-state index contributed by atoms with van der Waals surface area (Å²) in [5.74, 6) is 0.252. The lowest BCUT2D eigenvalue weighted by Gasteiger charge is -2.02. The van der Waals surface area contributed by atoms with Crippen molar-refractivity contribution in [1.29, 1.82) is 0 Å². The molecular weight excluding hydrogens is 180 g/mol. The molecule has 0 unspecified atom stereocenters. The minimum Gasteiger partial charge on any atom is -0.481 e. The number of unbranched alkanes of at least 4 members (excludes halogenated alkanes) is 2. The van der Waals surface area contributed by atoms with Crippen molar-refractivity contribution in [2.24, 2.45) is 5.92 Å². The summed E-state index contributed by atoms with van der Waals surface area (Å²) < 4.78 is 5.19. The zero-order valence-corrected chi connectivity index (χ0v) is 8.71. The maximum Gasteiger partial charge on any atom is 0.305 e. The smallest absolute Gasteiger partial charge is 0.305 e. The topological polar surface area (TPSA) is 46.5 Å². The number of ether oxygens (including phenoxy) is 1. The van der Waals surface area contributed by atoms with Gasteiger partial charge in [-0.15, -0.1) is 0 Å². The lowest BCUT2D eigenvalue weighted by molar-refractivity contribution is -0.138. The van der Waals surface area contributed by atoms with Crippen LogP contribution in [0.5, 0.6) is 0 Å². The molecule has 1 aliphatic carbocycles. The van der Waals surface area contributed by atoms with Crippen molar-refractivity contribution >= 4 is 5.97 Å². The molecule has 1 N–H and O–H groups in total. The Labute approximate surface area is 85.5 Å². The Kier molecular flexibility index (Phi) is 5.60. The summed E-state index contributed by atoms with van der Waals surface area (Å²) in [7, 11) is 0. The Hall–Kier alpha value is -0.570. The fourth-order valence-electron chi connectivity index (χ4n) is 1.48. The highest BCUT2D eigenvalue weighted by Crippen LogP contribution is 2.33. The van der Waals surface area contributed by atoms with Gasteiger partial charge < -0.3 is 9.84 Å². The van der Waals surface area contributed by atoms with E-state index < -0.39 is 5.97 Å². The third kappa shape index (κ3) is 6.89. The molecule has 3 heteroatoms. The molecule has 14 heavy (non-hydrogen) atoms. The first-order valence-electron chi connectivity index (χ1n) is 5.58. The van der Waals surface area contributed by atoms with E-state index in [2.05, 4.69) is 0 Å². The highest BCUT2D eigenvalue weighted by atomic mass is 16.5. The van der Waals surface area contributed by atoms with E-state index in [1.54, 1.807) is 0 Å². The zero-order valence-electron chi connectivity index (χ0n) is 8.71. The molecule has 0 aromatic rings. The van der Waals surface area contributed by atoms with Crippen molar-refractivity contribution in [2.75, 3.05) is 13.2 Å². The second-order valence-electron chi connectivity index (χ2n) is 4.05. The predicted molar refractivity (Wildman–Crippen MR) is 54.3 cm³/mol. The van der Waals surface area contributed by atoms with Gasteiger partial charge in [0.1, 0.15) is 0 Å². The number of hydrogen-bond donors (Lipinski definition) is 1. The van der Waals surface area contributed by atoms with Gasteiger partial charge in [0.25, 0.3) is 0 Å². The van der Waals surface area contributed by atoms with Gasteiger partial charge in [-0.25, -0.2) is 0 Å². The first-order valence-corrected chi connectivity index (χ1v) is 5.58. The molecule has 3 nitrogen and oxygen atoms in total. The highest BCUT2D eigenvalue weighted by molar-refractivity contribution is 5.66. The van der Waals surface area contributed by atoms with Gasteiger partial charge in [-0.3, -0.25) is 4.79 Å². The molecule has 0 heterocycles.